The van der Waals surface area contributed by atoms with E-state index in [0.717, 1.165) is 24.8 Å². The van der Waals surface area contributed by atoms with E-state index in [-0.39, 0.29) is 24.0 Å². The SMILES string of the molecule is CN=C(NCCSC)NCc1ccccc1.I. The fraction of sp³-hybridized carbons (Fsp3) is 0.417. The summed E-state index contributed by atoms with van der Waals surface area (Å²) in [5.41, 5.74) is 1.26. The van der Waals surface area contributed by atoms with Crippen LogP contribution in [0.15, 0.2) is 35.3 Å². The summed E-state index contributed by atoms with van der Waals surface area (Å²) in [5, 5.41) is 6.53. The lowest BCUT2D eigenvalue weighted by atomic mass is 10.2. The molecule has 96 valence electrons. The summed E-state index contributed by atoms with van der Waals surface area (Å²) in [4.78, 5) is 4.16. The highest BCUT2D eigenvalue weighted by Crippen LogP contribution is 1.96. The lowest BCUT2D eigenvalue weighted by Crippen LogP contribution is -2.37. The van der Waals surface area contributed by atoms with Gasteiger partial charge in [0.2, 0.25) is 0 Å². The van der Waals surface area contributed by atoms with E-state index in [1.165, 1.54) is 5.56 Å². The van der Waals surface area contributed by atoms with Crippen molar-refractivity contribution >= 4 is 41.7 Å². The third-order valence-corrected chi connectivity index (χ3v) is 2.74. The van der Waals surface area contributed by atoms with Crippen molar-refractivity contribution in [1.29, 1.82) is 0 Å². The van der Waals surface area contributed by atoms with Crippen LogP contribution >= 0.6 is 35.7 Å². The van der Waals surface area contributed by atoms with Crippen LogP contribution in [0, 0.1) is 0 Å². The molecule has 2 N–H and O–H groups in total. The Morgan fingerprint density at radius 2 is 1.94 bits per heavy atom. The van der Waals surface area contributed by atoms with Gasteiger partial charge in [-0.3, -0.25) is 4.99 Å². The summed E-state index contributed by atoms with van der Waals surface area (Å²) < 4.78 is 0. The number of aliphatic imine (C=N–C) groups is 1. The van der Waals surface area contributed by atoms with E-state index in [4.69, 9.17) is 0 Å². The maximum Gasteiger partial charge on any atom is 0.191 e. The molecule has 0 heterocycles. The van der Waals surface area contributed by atoms with Crippen molar-refractivity contribution in [2.24, 2.45) is 4.99 Å². The second-order valence-corrected chi connectivity index (χ2v) is 4.32. The molecular weight excluding hydrogens is 345 g/mol. The number of guanidine groups is 1. The molecule has 17 heavy (non-hydrogen) atoms. The largest absolute Gasteiger partial charge is 0.356 e. The number of rotatable bonds is 5. The van der Waals surface area contributed by atoms with Gasteiger partial charge in [-0.2, -0.15) is 11.8 Å². The molecule has 0 saturated heterocycles. The predicted octanol–water partition coefficient (Wildman–Crippen LogP) is 2.33. The number of thioether (sulfide) groups is 1. The topological polar surface area (TPSA) is 36.4 Å². The van der Waals surface area contributed by atoms with Crippen molar-refractivity contribution in [3.63, 3.8) is 0 Å². The molecule has 1 rings (SSSR count). The third kappa shape index (κ3) is 7.49. The Morgan fingerprint density at radius 3 is 2.53 bits per heavy atom. The van der Waals surface area contributed by atoms with Gasteiger partial charge in [0.25, 0.3) is 0 Å². The van der Waals surface area contributed by atoms with Crippen LogP contribution in [0.4, 0.5) is 0 Å². The Hall–Kier alpha value is -0.430. The minimum Gasteiger partial charge on any atom is -0.356 e. The molecule has 0 atom stereocenters. The van der Waals surface area contributed by atoms with Crippen molar-refractivity contribution in [1.82, 2.24) is 10.6 Å². The van der Waals surface area contributed by atoms with Gasteiger partial charge in [-0.05, 0) is 11.8 Å². The van der Waals surface area contributed by atoms with Gasteiger partial charge in [0.15, 0.2) is 5.96 Å². The molecule has 5 heteroatoms. The first-order valence-corrected chi connectivity index (χ1v) is 6.73. The highest BCUT2D eigenvalue weighted by Gasteiger charge is 1.96. The molecule has 0 saturated carbocycles. The first-order valence-electron chi connectivity index (χ1n) is 5.34. The number of hydrogen-bond donors (Lipinski definition) is 2. The number of nitrogens with zero attached hydrogens (tertiary/aromatic N) is 1. The first kappa shape index (κ1) is 16.6. The molecule has 0 aliphatic carbocycles. The van der Waals surface area contributed by atoms with Gasteiger partial charge in [0, 0.05) is 25.9 Å². The molecule has 0 bridgehead atoms. The van der Waals surface area contributed by atoms with Crippen molar-refractivity contribution in [3.05, 3.63) is 35.9 Å². The van der Waals surface area contributed by atoms with Gasteiger partial charge in [-0.1, -0.05) is 30.3 Å². The molecule has 1 aromatic carbocycles. The minimum atomic E-state index is 0. The van der Waals surface area contributed by atoms with Crippen LogP contribution < -0.4 is 10.6 Å². The minimum absolute atomic E-state index is 0. The normalized spacial score (nSPS) is 10.6. The van der Waals surface area contributed by atoms with Crippen LogP contribution in [0.1, 0.15) is 5.56 Å². The van der Waals surface area contributed by atoms with Crippen molar-refractivity contribution in [2.75, 3.05) is 25.6 Å². The van der Waals surface area contributed by atoms with E-state index in [9.17, 15) is 0 Å². The van der Waals surface area contributed by atoms with Crippen LogP contribution in [0.5, 0.6) is 0 Å². The summed E-state index contributed by atoms with van der Waals surface area (Å²) >= 11 is 1.82. The average molecular weight is 365 g/mol. The van der Waals surface area contributed by atoms with Crippen molar-refractivity contribution < 1.29 is 0 Å². The summed E-state index contributed by atoms with van der Waals surface area (Å²) in [5.74, 6) is 1.95. The fourth-order valence-electron chi connectivity index (χ4n) is 1.27. The van der Waals surface area contributed by atoms with E-state index in [1.807, 2.05) is 30.0 Å². The standard InChI is InChI=1S/C12H19N3S.HI/c1-13-12(14-8-9-16-2)15-10-11-6-4-3-5-7-11;/h3-7H,8-10H2,1-2H3,(H2,13,14,15);1H. The zero-order valence-corrected chi connectivity index (χ0v) is 13.4. The molecular formula is C12H20IN3S. The van der Waals surface area contributed by atoms with E-state index in [0.29, 0.717) is 0 Å². The van der Waals surface area contributed by atoms with E-state index in [2.05, 4.69) is 34.0 Å². The number of halogens is 1. The van der Waals surface area contributed by atoms with Crippen LogP contribution in [-0.4, -0.2) is 31.6 Å². The fourth-order valence-corrected chi connectivity index (χ4v) is 1.58. The van der Waals surface area contributed by atoms with E-state index < -0.39 is 0 Å². The Kier molecular flexibility index (Phi) is 10.4. The Labute approximate surface area is 125 Å². The molecule has 0 aromatic heterocycles. The molecule has 0 radical (unpaired) electrons. The number of nitrogens with one attached hydrogen (secondary N) is 2. The number of hydrogen-bond acceptors (Lipinski definition) is 2. The lowest BCUT2D eigenvalue weighted by Gasteiger charge is -2.11. The monoisotopic (exact) mass is 365 g/mol. The molecule has 0 spiro atoms. The highest BCUT2D eigenvalue weighted by atomic mass is 127. The third-order valence-electron chi connectivity index (χ3n) is 2.13. The first-order chi connectivity index (χ1) is 7.86. The van der Waals surface area contributed by atoms with Crippen LogP contribution in [0.25, 0.3) is 0 Å². The molecule has 0 unspecified atom stereocenters. The van der Waals surface area contributed by atoms with Crippen molar-refractivity contribution in [2.45, 2.75) is 6.54 Å². The Bertz CT molecular complexity index is 317. The van der Waals surface area contributed by atoms with E-state index in [1.54, 1.807) is 7.05 Å². The van der Waals surface area contributed by atoms with Crippen LogP contribution in [0.2, 0.25) is 0 Å². The Balaban J connectivity index is 0.00000256. The number of benzene rings is 1. The average Bonchev–Trinajstić information content (AvgIpc) is 2.35. The molecule has 0 aliphatic heterocycles. The molecule has 0 aliphatic rings. The van der Waals surface area contributed by atoms with Crippen LogP contribution in [-0.2, 0) is 6.54 Å². The maximum atomic E-state index is 4.16. The second-order valence-electron chi connectivity index (χ2n) is 3.33. The Morgan fingerprint density at radius 1 is 1.24 bits per heavy atom. The van der Waals surface area contributed by atoms with Crippen LogP contribution in [0.3, 0.4) is 0 Å². The van der Waals surface area contributed by atoms with Crippen molar-refractivity contribution in [3.8, 4) is 0 Å². The van der Waals surface area contributed by atoms with Gasteiger partial charge in [0.05, 0.1) is 0 Å². The quantitative estimate of drug-likeness (QED) is 0.364. The van der Waals surface area contributed by atoms with E-state index >= 15 is 0 Å². The smallest absolute Gasteiger partial charge is 0.191 e. The zero-order valence-electron chi connectivity index (χ0n) is 10.3. The molecule has 0 fully saturated rings. The van der Waals surface area contributed by atoms with Gasteiger partial charge in [-0.15, -0.1) is 24.0 Å². The predicted molar refractivity (Wildman–Crippen MR) is 88.4 cm³/mol. The summed E-state index contributed by atoms with van der Waals surface area (Å²) in [7, 11) is 1.79. The molecule has 3 nitrogen and oxygen atoms in total. The second kappa shape index (κ2) is 10.7. The zero-order chi connectivity index (χ0) is 11.6. The maximum absolute atomic E-state index is 4.16. The molecule has 1 aromatic rings. The van der Waals surface area contributed by atoms with Gasteiger partial charge >= 0.3 is 0 Å². The summed E-state index contributed by atoms with van der Waals surface area (Å²) in [6.07, 6.45) is 2.10. The summed E-state index contributed by atoms with van der Waals surface area (Å²) in [6, 6.07) is 10.3. The van der Waals surface area contributed by atoms with Gasteiger partial charge in [0.1, 0.15) is 0 Å². The van der Waals surface area contributed by atoms with Gasteiger partial charge < -0.3 is 10.6 Å². The molecule has 0 amide bonds. The summed E-state index contributed by atoms with van der Waals surface area (Å²) in [6.45, 7) is 1.75. The van der Waals surface area contributed by atoms with Gasteiger partial charge in [-0.25, -0.2) is 0 Å². The lowest BCUT2D eigenvalue weighted by molar-refractivity contribution is 0.833. The highest BCUT2D eigenvalue weighted by molar-refractivity contribution is 14.0.